The van der Waals surface area contributed by atoms with Crippen LogP contribution in [0.25, 0.3) is 0 Å². The predicted octanol–water partition coefficient (Wildman–Crippen LogP) is 1.50. The van der Waals surface area contributed by atoms with Crippen LogP contribution in [0.3, 0.4) is 0 Å². The molecule has 1 rings (SSSR count). The van der Waals surface area contributed by atoms with Crippen LogP contribution in [0.4, 0.5) is 0 Å². The molecule has 0 bridgehead atoms. The average Bonchev–Trinajstić information content (AvgIpc) is 3.02. The van der Waals surface area contributed by atoms with Gasteiger partial charge in [-0.3, -0.25) is 4.79 Å². The Morgan fingerprint density at radius 1 is 1.50 bits per heavy atom. The van der Waals surface area contributed by atoms with Crippen molar-refractivity contribution in [2.75, 3.05) is 13.7 Å². The van der Waals surface area contributed by atoms with Crippen molar-refractivity contribution in [2.45, 2.75) is 45.3 Å². The molecule has 0 aromatic rings. The number of ether oxygens (including phenoxy) is 1. The molecule has 2 atom stereocenters. The second kappa shape index (κ2) is 5.15. The monoisotopic (exact) mass is 229 g/mol. The number of carboxylic acids is 1. The quantitative estimate of drug-likeness (QED) is 0.694. The fraction of sp³-hybridized carbons (Fsp3) is 0.917. The van der Waals surface area contributed by atoms with Crippen molar-refractivity contribution in [1.29, 1.82) is 0 Å². The maximum Gasteiger partial charge on any atom is 0.326 e. The summed E-state index contributed by atoms with van der Waals surface area (Å²) < 4.78 is 5.68. The number of nitrogens with one attached hydrogen (secondary N) is 1. The van der Waals surface area contributed by atoms with Gasteiger partial charge in [0.15, 0.2) is 0 Å². The van der Waals surface area contributed by atoms with E-state index in [1.54, 1.807) is 7.05 Å². The lowest BCUT2D eigenvalue weighted by Gasteiger charge is -2.31. The lowest BCUT2D eigenvalue weighted by Crippen LogP contribution is -2.56. The van der Waals surface area contributed by atoms with Crippen LogP contribution < -0.4 is 5.32 Å². The third-order valence-electron chi connectivity index (χ3n) is 3.61. The second-order valence-corrected chi connectivity index (χ2v) is 5.06. The van der Waals surface area contributed by atoms with E-state index in [2.05, 4.69) is 19.2 Å². The number of aliphatic carboxylic acids is 1. The van der Waals surface area contributed by atoms with Crippen LogP contribution in [0.1, 0.15) is 33.6 Å². The zero-order chi connectivity index (χ0) is 12.3. The molecule has 0 radical (unpaired) electrons. The molecule has 0 heterocycles. The molecule has 0 aliphatic heterocycles. The maximum absolute atomic E-state index is 11.4. The summed E-state index contributed by atoms with van der Waals surface area (Å²) in [5.74, 6) is -0.176. The normalized spacial score (nSPS) is 21.8. The molecular formula is C12H23NO3. The van der Waals surface area contributed by atoms with E-state index in [4.69, 9.17) is 4.74 Å². The molecule has 1 saturated carbocycles. The van der Waals surface area contributed by atoms with E-state index in [0.29, 0.717) is 5.92 Å². The van der Waals surface area contributed by atoms with Crippen LogP contribution in [-0.2, 0) is 9.53 Å². The van der Waals surface area contributed by atoms with Crippen molar-refractivity contribution in [1.82, 2.24) is 5.32 Å². The second-order valence-electron chi connectivity index (χ2n) is 5.06. The Balaban J connectivity index is 2.60. The number of likely N-dealkylation sites (N-methyl/N-ethyl adjacent to an activating group) is 1. The molecule has 1 fully saturated rings. The average molecular weight is 229 g/mol. The lowest BCUT2D eigenvalue weighted by molar-refractivity contribution is -0.150. The van der Waals surface area contributed by atoms with Gasteiger partial charge in [-0.15, -0.1) is 0 Å². The van der Waals surface area contributed by atoms with Crippen molar-refractivity contribution >= 4 is 5.97 Å². The Morgan fingerprint density at radius 3 is 2.38 bits per heavy atom. The highest BCUT2D eigenvalue weighted by molar-refractivity contribution is 5.80. The van der Waals surface area contributed by atoms with Crippen molar-refractivity contribution in [3.05, 3.63) is 0 Å². The first-order valence-electron chi connectivity index (χ1n) is 5.98. The summed E-state index contributed by atoms with van der Waals surface area (Å²) in [6.45, 7) is 6.38. The van der Waals surface area contributed by atoms with E-state index in [1.807, 2.05) is 6.92 Å². The van der Waals surface area contributed by atoms with Crippen LogP contribution in [0.2, 0.25) is 0 Å². The molecule has 2 unspecified atom stereocenters. The number of carbonyl (C=O) groups is 1. The Kier molecular flexibility index (Phi) is 4.33. The summed E-state index contributed by atoms with van der Waals surface area (Å²) in [6.07, 6.45) is 2.05. The SMILES string of the molecule is CNC(COC(C)C(C)C)(C(=O)O)C1CC1. The fourth-order valence-electron chi connectivity index (χ4n) is 1.77. The van der Waals surface area contributed by atoms with Gasteiger partial charge in [0.05, 0.1) is 12.7 Å². The molecule has 0 spiro atoms. The zero-order valence-corrected chi connectivity index (χ0v) is 10.6. The summed E-state index contributed by atoms with van der Waals surface area (Å²) in [5.41, 5.74) is -0.886. The third-order valence-corrected chi connectivity index (χ3v) is 3.61. The van der Waals surface area contributed by atoms with Crippen LogP contribution in [-0.4, -0.2) is 36.4 Å². The van der Waals surface area contributed by atoms with Crippen molar-refractivity contribution in [2.24, 2.45) is 11.8 Å². The molecule has 4 nitrogen and oxygen atoms in total. The molecule has 0 aromatic carbocycles. The minimum absolute atomic E-state index is 0.0887. The Morgan fingerprint density at radius 2 is 2.06 bits per heavy atom. The van der Waals surface area contributed by atoms with E-state index in [1.165, 1.54) is 0 Å². The summed E-state index contributed by atoms with van der Waals surface area (Å²) in [7, 11) is 1.70. The lowest BCUT2D eigenvalue weighted by atomic mass is 9.94. The molecule has 2 N–H and O–H groups in total. The first-order chi connectivity index (χ1) is 7.44. The Labute approximate surface area is 97.4 Å². The molecule has 1 aliphatic rings. The van der Waals surface area contributed by atoms with Gasteiger partial charge in [0.25, 0.3) is 0 Å². The van der Waals surface area contributed by atoms with E-state index in [0.717, 1.165) is 12.8 Å². The van der Waals surface area contributed by atoms with Crippen LogP contribution in [0.15, 0.2) is 0 Å². The highest BCUT2D eigenvalue weighted by atomic mass is 16.5. The van der Waals surface area contributed by atoms with E-state index in [-0.39, 0.29) is 18.6 Å². The van der Waals surface area contributed by atoms with Gasteiger partial charge in [0.1, 0.15) is 5.54 Å². The van der Waals surface area contributed by atoms with Crippen molar-refractivity contribution in [3.8, 4) is 0 Å². The largest absolute Gasteiger partial charge is 0.480 e. The van der Waals surface area contributed by atoms with Crippen LogP contribution in [0, 0.1) is 11.8 Å². The summed E-state index contributed by atoms with van der Waals surface area (Å²) in [6, 6.07) is 0. The summed E-state index contributed by atoms with van der Waals surface area (Å²) >= 11 is 0. The summed E-state index contributed by atoms with van der Waals surface area (Å²) in [4.78, 5) is 11.4. The molecule has 0 saturated heterocycles. The molecular weight excluding hydrogens is 206 g/mol. The van der Waals surface area contributed by atoms with E-state index < -0.39 is 11.5 Å². The van der Waals surface area contributed by atoms with Gasteiger partial charge in [-0.25, -0.2) is 0 Å². The van der Waals surface area contributed by atoms with Gasteiger partial charge in [-0.2, -0.15) is 0 Å². The van der Waals surface area contributed by atoms with Gasteiger partial charge in [-0.05, 0) is 38.6 Å². The van der Waals surface area contributed by atoms with Crippen molar-refractivity contribution < 1.29 is 14.6 Å². The van der Waals surface area contributed by atoms with Crippen LogP contribution >= 0.6 is 0 Å². The topological polar surface area (TPSA) is 58.6 Å². The Bertz CT molecular complexity index is 251. The minimum atomic E-state index is -0.886. The first kappa shape index (κ1) is 13.5. The van der Waals surface area contributed by atoms with E-state index in [9.17, 15) is 9.90 Å². The molecule has 0 amide bonds. The minimum Gasteiger partial charge on any atom is -0.480 e. The molecule has 94 valence electrons. The summed E-state index contributed by atoms with van der Waals surface area (Å²) in [5, 5.41) is 12.3. The molecule has 4 heteroatoms. The van der Waals surface area contributed by atoms with Crippen LogP contribution in [0.5, 0.6) is 0 Å². The van der Waals surface area contributed by atoms with Gasteiger partial charge in [-0.1, -0.05) is 13.8 Å². The molecule has 16 heavy (non-hydrogen) atoms. The standard InChI is InChI=1S/C12H23NO3/c1-8(2)9(3)16-7-12(13-4,11(14)15)10-5-6-10/h8-10,13H,5-7H2,1-4H3,(H,14,15). The highest BCUT2D eigenvalue weighted by Crippen LogP contribution is 2.40. The van der Waals surface area contributed by atoms with Gasteiger partial charge < -0.3 is 15.2 Å². The third kappa shape index (κ3) is 2.74. The number of carboxylic acid groups (broad SMARTS) is 1. The number of hydrogen-bond acceptors (Lipinski definition) is 3. The highest BCUT2D eigenvalue weighted by Gasteiger charge is 2.50. The van der Waals surface area contributed by atoms with Gasteiger partial charge >= 0.3 is 5.97 Å². The molecule has 0 aromatic heterocycles. The molecule has 1 aliphatic carbocycles. The fourth-order valence-corrected chi connectivity index (χ4v) is 1.77. The van der Waals surface area contributed by atoms with Crippen molar-refractivity contribution in [3.63, 3.8) is 0 Å². The van der Waals surface area contributed by atoms with Gasteiger partial charge in [0.2, 0.25) is 0 Å². The zero-order valence-electron chi connectivity index (χ0n) is 10.6. The first-order valence-corrected chi connectivity index (χ1v) is 5.98. The van der Waals surface area contributed by atoms with E-state index >= 15 is 0 Å². The van der Waals surface area contributed by atoms with Gasteiger partial charge in [0, 0.05) is 0 Å². The predicted molar refractivity (Wildman–Crippen MR) is 62.4 cm³/mol. The number of rotatable bonds is 7. The maximum atomic E-state index is 11.4. The smallest absolute Gasteiger partial charge is 0.326 e. The Hall–Kier alpha value is -0.610. The number of hydrogen-bond donors (Lipinski definition) is 2.